The van der Waals surface area contributed by atoms with Crippen molar-refractivity contribution in [2.45, 2.75) is 32.5 Å². The van der Waals surface area contributed by atoms with Crippen molar-refractivity contribution < 1.29 is 9.53 Å². The van der Waals surface area contributed by atoms with Gasteiger partial charge in [0.15, 0.2) is 11.0 Å². The number of benzene rings is 2. The minimum atomic E-state index is -0.265. The maximum absolute atomic E-state index is 11.9. The third-order valence-electron chi connectivity index (χ3n) is 4.76. The number of thioether (sulfide) groups is 1. The molecule has 0 atom stereocenters. The van der Waals surface area contributed by atoms with Gasteiger partial charge in [0.05, 0.1) is 29.9 Å². The molecule has 0 amide bonds. The van der Waals surface area contributed by atoms with Crippen LogP contribution in [0.2, 0.25) is 0 Å². The smallest absolute Gasteiger partial charge is 0.316 e. The van der Waals surface area contributed by atoms with E-state index in [0.29, 0.717) is 18.3 Å². The SMILES string of the molecule is CCOC(=O)CSc1nnc(Cn2c(C)nc3ccccc32)n1-c1ccc(C)cc1. The maximum Gasteiger partial charge on any atom is 0.316 e. The first-order chi connectivity index (χ1) is 14.6. The fourth-order valence-corrected chi connectivity index (χ4v) is 4.08. The van der Waals surface area contributed by atoms with E-state index in [9.17, 15) is 4.79 Å². The van der Waals surface area contributed by atoms with Crippen LogP contribution < -0.4 is 0 Å². The molecule has 0 radical (unpaired) electrons. The van der Waals surface area contributed by atoms with E-state index in [-0.39, 0.29) is 11.7 Å². The predicted molar refractivity (Wildman–Crippen MR) is 117 cm³/mol. The number of aryl methyl sites for hydroxylation is 2. The summed E-state index contributed by atoms with van der Waals surface area (Å²) in [4.78, 5) is 16.5. The lowest BCUT2D eigenvalue weighted by molar-refractivity contribution is -0.139. The molecule has 0 aliphatic carbocycles. The molecule has 4 rings (SSSR count). The number of hydrogen-bond donors (Lipinski definition) is 0. The first kappa shape index (κ1) is 20.2. The molecule has 0 saturated carbocycles. The van der Waals surface area contributed by atoms with Crippen molar-refractivity contribution in [2.75, 3.05) is 12.4 Å². The Kier molecular flexibility index (Phi) is 5.85. The van der Waals surface area contributed by atoms with E-state index in [1.165, 1.54) is 17.3 Å². The standard InChI is InChI=1S/C22H23N5O2S/c1-4-29-21(28)14-30-22-25-24-20(27(22)17-11-9-15(2)10-12-17)13-26-16(3)23-18-7-5-6-8-19(18)26/h5-12H,4,13-14H2,1-3H3. The second kappa shape index (κ2) is 8.71. The van der Waals surface area contributed by atoms with Gasteiger partial charge >= 0.3 is 5.97 Å². The van der Waals surface area contributed by atoms with Gasteiger partial charge in [-0.05, 0) is 45.0 Å². The van der Waals surface area contributed by atoms with Crippen LogP contribution in [0.3, 0.4) is 0 Å². The first-order valence-electron chi connectivity index (χ1n) is 9.78. The largest absolute Gasteiger partial charge is 0.465 e. The van der Waals surface area contributed by atoms with Gasteiger partial charge in [0.2, 0.25) is 0 Å². The number of nitrogens with zero attached hydrogens (tertiary/aromatic N) is 5. The van der Waals surface area contributed by atoms with Crippen LogP contribution >= 0.6 is 11.8 Å². The second-order valence-electron chi connectivity index (χ2n) is 6.90. The van der Waals surface area contributed by atoms with Crippen LogP contribution in [-0.2, 0) is 16.1 Å². The molecule has 0 spiro atoms. The predicted octanol–water partition coefficient (Wildman–Crippen LogP) is 3.94. The van der Waals surface area contributed by atoms with Crippen molar-refractivity contribution in [3.05, 3.63) is 65.7 Å². The zero-order chi connectivity index (χ0) is 21.1. The zero-order valence-corrected chi connectivity index (χ0v) is 18.0. The van der Waals surface area contributed by atoms with Gasteiger partial charge in [0.25, 0.3) is 0 Å². The number of ether oxygens (including phenoxy) is 1. The Hall–Kier alpha value is -3.13. The number of imidazole rings is 1. The number of esters is 1. The van der Waals surface area contributed by atoms with Crippen LogP contribution in [0, 0.1) is 13.8 Å². The van der Waals surface area contributed by atoms with Crippen LogP contribution in [0.1, 0.15) is 24.1 Å². The molecule has 0 saturated heterocycles. The maximum atomic E-state index is 11.9. The molecule has 7 nitrogen and oxygen atoms in total. The molecule has 30 heavy (non-hydrogen) atoms. The van der Waals surface area contributed by atoms with Crippen molar-refractivity contribution in [1.82, 2.24) is 24.3 Å². The van der Waals surface area contributed by atoms with E-state index in [1.807, 2.05) is 48.7 Å². The van der Waals surface area contributed by atoms with E-state index in [1.54, 1.807) is 6.92 Å². The Morgan fingerprint density at radius 3 is 2.60 bits per heavy atom. The monoisotopic (exact) mass is 421 g/mol. The Bertz CT molecular complexity index is 1180. The van der Waals surface area contributed by atoms with Gasteiger partial charge in [-0.15, -0.1) is 10.2 Å². The number of carbonyl (C=O) groups is 1. The van der Waals surface area contributed by atoms with Crippen LogP contribution in [-0.4, -0.2) is 42.6 Å². The molecule has 0 fully saturated rings. The summed E-state index contributed by atoms with van der Waals surface area (Å²) in [6.07, 6.45) is 0. The van der Waals surface area contributed by atoms with Crippen molar-refractivity contribution in [3.63, 3.8) is 0 Å². The molecule has 154 valence electrons. The van der Waals surface area contributed by atoms with E-state index in [2.05, 4.69) is 37.9 Å². The Balaban J connectivity index is 1.72. The number of aromatic nitrogens is 5. The van der Waals surface area contributed by atoms with Gasteiger partial charge < -0.3 is 9.30 Å². The topological polar surface area (TPSA) is 74.8 Å². The fraction of sp³-hybridized carbons (Fsp3) is 0.273. The average Bonchev–Trinajstić information content (AvgIpc) is 3.28. The third kappa shape index (κ3) is 4.09. The first-order valence-corrected chi connectivity index (χ1v) is 10.8. The second-order valence-corrected chi connectivity index (χ2v) is 7.84. The summed E-state index contributed by atoms with van der Waals surface area (Å²) in [5, 5.41) is 9.48. The molecule has 0 bridgehead atoms. The summed E-state index contributed by atoms with van der Waals surface area (Å²) < 4.78 is 9.18. The minimum Gasteiger partial charge on any atom is -0.465 e. The number of carbonyl (C=O) groups excluding carboxylic acids is 1. The summed E-state index contributed by atoms with van der Waals surface area (Å²) in [6.45, 7) is 6.72. The molecule has 0 unspecified atom stereocenters. The van der Waals surface area contributed by atoms with Gasteiger partial charge in [0.1, 0.15) is 5.82 Å². The summed E-state index contributed by atoms with van der Waals surface area (Å²) in [5.74, 6) is 1.61. The lowest BCUT2D eigenvalue weighted by Gasteiger charge is -2.12. The van der Waals surface area contributed by atoms with E-state index >= 15 is 0 Å². The summed E-state index contributed by atoms with van der Waals surface area (Å²) in [7, 11) is 0. The molecule has 0 aliphatic rings. The number of hydrogen-bond acceptors (Lipinski definition) is 6. The summed E-state index contributed by atoms with van der Waals surface area (Å²) in [6, 6.07) is 16.2. The highest BCUT2D eigenvalue weighted by atomic mass is 32.2. The molecule has 2 aromatic heterocycles. The third-order valence-corrected chi connectivity index (χ3v) is 5.66. The van der Waals surface area contributed by atoms with Crippen LogP contribution in [0.4, 0.5) is 0 Å². The van der Waals surface area contributed by atoms with Crippen LogP contribution in [0.15, 0.2) is 53.7 Å². The van der Waals surface area contributed by atoms with Gasteiger partial charge in [0, 0.05) is 5.69 Å². The molecular weight excluding hydrogens is 398 g/mol. The van der Waals surface area contributed by atoms with E-state index < -0.39 is 0 Å². The number of fused-ring (bicyclic) bond motifs is 1. The highest BCUT2D eigenvalue weighted by Crippen LogP contribution is 2.24. The normalized spacial score (nSPS) is 11.2. The molecule has 0 N–H and O–H groups in total. The van der Waals surface area contributed by atoms with Crippen molar-refractivity contribution in [3.8, 4) is 5.69 Å². The zero-order valence-electron chi connectivity index (χ0n) is 17.2. The fourth-order valence-electron chi connectivity index (χ4n) is 3.31. The summed E-state index contributed by atoms with van der Waals surface area (Å²) in [5.41, 5.74) is 4.13. The molecular formula is C22H23N5O2S. The van der Waals surface area contributed by atoms with Crippen molar-refractivity contribution in [1.29, 1.82) is 0 Å². The van der Waals surface area contributed by atoms with Crippen LogP contribution in [0.5, 0.6) is 0 Å². The Labute approximate surface area is 179 Å². The Morgan fingerprint density at radius 1 is 1.07 bits per heavy atom. The van der Waals surface area contributed by atoms with E-state index in [0.717, 1.165) is 28.4 Å². The molecule has 2 aromatic carbocycles. The summed E-state index contributed by atoms with van der Waals surface area (Å²) >= 11 is 1.33. The highest BCUT2D eigenvalue weighted by molar-refractivity contribution is 7.99. The van der Waals surface area contributed by atoms with Gasteiger partial charge in [-0.2, -0.15) is 0 Å². The van der Waals surface area contributed by atoms with Crippen molar-refractivity contribution in [2.24, 2.45) is 0 Å². The van der Waals surface area contributed by atoms with E-state index in [4.69, 9.17) is 4.74 Å². The lowest BCUT2D eigenvalue weighted by Crippen LogP contribution is -2.11. The molecule has 8 heteroatoms. The molecule has 0 aliphatic heterocycles. The number of rotatable bonds is 7. The highest BCUT2D eigenvalue weighted by Gasteiger charge is 2.18. The number of para-hydroxylation sites is 2. The Morgan fingerprint density at radius 2 is 1.83 bits per heavy atom. The minimum absolute atomic E-state index is 0.185. The van der Waals surface area contributed by atoms with Gasteiger partial charge in [-0.25, -0.2) is 4.98 Å². The lowest BCUT2D eigenvalue weighted by atomic mass is 10.2. The molecule has 4 aromatic rings. The van der Waals surface area contributed by atoms with Gasteiger partial charge in [-0.3, -0.25) is 9.36 Å². The van der Waals surface area contributed by atoms with Crippen molar-refractivity contribution >= 4 is 28.8 Å². The quantitative estimate of drug-likeness (QED) is 0.332. The van der Waals surface area contributed by atoms with Gasteiger partial charge in [-0.1, -0.05) is 41.6 Å². The van der Waals surface area contributed by atoms with Crippen LogP contribution in [0.25, 0.3) is 16.7 Å². The molecule has 2 heterocycles. The average molecular weight is 422 g/mol.